The minimum Gasteiger partial charge on any atom is -0.372 e. The van der Waals surface area contributed by atoms with Crippen LogP contribution in [0.25, 0.3) is 5.53 Å². The highest BCUT2D eigenvalue weighted by atomic mass is 16.5. The van der Waals surface area contributed by atoms with Crippen molar-refractivity contribution in [1.82, 2.24) is 0 Å². The molecule has 18 heavy (non-hydrogen) atoms. The maximum absolute atomic E-state index is 11.4. The van der Waals surface area contributed by atoms with Gasteiger partial charge in [-0.25, -0.2) is 0 Å². The van der Waals surface area contributed by atoms with Gasteiger partial charge in [-0.05, 0) is 41.0 Å². The van der Waals surface area contributed by atoms with Gasteiger partial charge in [-0.2, -0.15) is 4.79 Å². The van der Waals surface area contributed by atoms with Gasteiger partial charge in [0.15, 0.2) is 0 Å². The van der Waals surface area contributed by atoms with Crippen LogP contribution in [0, 0.1) is 5.92 Å². The Morgan fingerprint density at radius 3 is 3.00 bits per heavy atom. The fraction of sp³-hybridized carbons (Fsp3) is 0.429. The Labute approximate surface area is 105 Å². The third-order valence-corrected chi connectivity index (χ3v) is 3.82. The second-order valence-electron chi connectivity index (χ2n) is 5.02. The van der Waals surface area contributed by atoms with E-state index in [-0.39, 0.29) is 5.78 Å². The molecule has 1 aliphatic carbocycles. The monoisotopic (exact) mass is 242 g/mol. The molecule has 1 heterocycles. The molecule has 92 valence electrons. The van der Waals surface area contributed by atoms with E-state index in [1.807, 2.05) is 0 Å². The van der Waals surface area contributed by atoms with Crippen LogP contribution < -0.4 is 0 Å². The number of hydrogen-bond donors (Lipinski definition) is 0. The molecule has 1 atom stereocenters. The number of fused-ring (bicyclic) bond motifs is 3. The number of rotatable bonds is 3. The number of carbonyl (C=O) groups is 1. The highest BCUT2D eigenvalue weighted by Crippen LogP contribution is 2.35. The molecule has 1 aromatic carbocycles. The second kappa shape index (κ2) is 4.48. The summed E-state index contributed by atoms with van der Waals surface area (Å²) in [7, 11) is 0. The predicted molar refractivity (Wildman–Crippen MR) is 65.1 cm³/mol. The molecular weight excluding hydrogens is 228 g/mol. The lowest BCUT2D eigenvalue weighted by atomic mass is 9.98. The molecule has 0 bridgehead atoms. The van der Waals surface area contributed by atoms with Crippen LogP contribution in [0.1, 0.15) is 28.7 Å². The first-order valence-corrected chi connectivity index (χ1v) is 6.18. The molecule has 0 saturated carbocycles. The van der Waals surface area contributed by atoms with Crippen molar-refractivity contribution in [3.8, 4) is 0 Å². The first kappa shape index (κ1) is 11.3. The average molecular weight is 242 g/mol. The van der Waals surface area contributed by atoms with Crippen LogP contribution in [0.3, 0.4) is 0 Å². The number of benzene rings is 1. The number of ether oxygens (including phenoxy) is 1. The van der Waals surface area contributed by atoms with E-state index in [2.05, 4.69) is 16.9 Å². The Balaban J connectivity index is 1.79. The van der Waals surface area contributed by atoms with E-state index in [1.54, 1.807) is 0 Å². The molecule has 1 aliphatic heterocycles. The minimum absolute atomic E-state index is 0.108. The van der Waals surface area contributed by atoms with Crippen molar-refractivity contribution in [3.63, 3.8) is 0 Å². The lowest BCUT2D eigenvalue weighted by Gasteiger charge is -2.05. The summed E-state index contributed by atoms with van der Waals surface area (Å²) in [5.74, 6) is 0.223. The molecule has 0 radical (unpaired) electrons. The zero-order chi connectivity index (χ0) is 12.5. The van der Waals surface area contributed by atoms with Gasteiger partial charge in [0.25, 0.3) is 0 Å². The van der Waals surface area contributed by atoms with Crippen molar-refractivity contribution in [2.45, 2.75) is 32.5 Å². The smallest absolute Gasteiger partial charge is 0.323 e. The van der Waals surface area contributed by atoms with Gasteiger partial charge >= 0.3 is 6.21 Å². The van der Waals surface area contributed by atoms with Gasteiger partial charge in [-0.3, -0.25) is 4.79 Å². The summed E-state index contributed by atoms with van der Waals surface area (Å²) in [6.45, 7) is 1.42. The average Bonchev–Trinajstić information content (AvgIpc) is 2.92. The van der Waals surface area contributed by atoms with E-state index in [0.717, 1.165) is 19.1 Å². The van der Waals surface area contributed by atoms with Crippen LogP contribution in [0.5, 0.6) is 0 Å². The summed E-state index contributed by atoms with van der Waals surface area (Å²) in [6.07, 6.45) is 3.32. The normalized spacial score (nSPS) is 20.1. The Kier molecular flexibility index (Phi) is 2.82. The molecular formula is C14H14N2O2. The summed E-state index contributed by atoms with van der Waals surface area (Å²) in [5, 5.41) is 0. The summed E-state index contributed by atoms with van der Waals surface area (Å²) >= 11 is 0. The third kappa shape index (κ3) is 1.90. The number of hydrogen-bond acceptors (Lipinski definition) is 2. The molecule has 1 aromatic rings. The lowest BCUT2D eigenvalue weighted by molar-refractivity contribution is -0.116. The van der Waals surface area contributed by atoms with E-state index in [9.17, 15) is 4.79 Å². The predicted octanol–water partition coefficient (Wildman–Crippen LogP) is 1.69. The van der Waals surface area contributed by atoms with Crippen molar-refractivity contribution in [2.24, 2.45) is 5.92 Å². The first-order valence-electron chi connectivity index (χ1n) is 6.18. The van der Waals surface area contributed by atoms with Gasteiger partial charge in [0.1, 0.15) is 0 Å². The zero-order valence-corrected chi connectivity index (χ0v) is 10.1. The molecule has 0 spiro atoms. The van der Waals surface area contributed by atoms with E-state index in [1.165, 1.54) is 22.3 Å². The molecule has 0 aromatic heterocycles. The fourth-order valence-corrected chi connectivity index (χ4v) is 3.03. The fourth-order valence-electron chi connectivity index (χ4n) is 3.03. The van der Waals surface area contributed by atoms with E-state index in [0.29, 0.717) is 25.6 Å². The van der Waals surface area contributed by atoms with Crippen LogP contribution >= 0.6 is 0 Å². The van der Waals surface area contributed by atoms with Crippen LogP contribution in [0.2, 0.25) is 0 Å². The standard InChI is InChI=1S/C14H14N2O2/c15-16-6-12(17)4-9-3-10-1-2-11-7-18-8-14(11)13(10)5-9/h1-2,6,9H,3-5,7-8H2. The number of Topliss-reactive ketones (excluding diaryl/α,β-unsaturated/α-hetero) is 1. The second-order valence-corrected chi connectivity index (χ2v) is 5.02. The molecule has 2 aliphatic rings. The molecule has 0 N–H and O–H groups in total. The van der Waals surface area contributed by atoms with Gasteiger partial charge in [-0.1, -0.05) is 12.1 Å². The molecule has 3 rings (SSSR count). The van der Waals surface area contributed by atoms with Crippen LogP contribution in [-0.2, 0) is 35.6 Å². The quantitative estimate of drug-likeness (QED) is 0.460. The van der Waals surface area contributed by atoms with Gasteiger partial charge in [0.05, 0.1) is 13.2 Å². The highest BCUT2D eigenvalue weighted by Gasteiger charge is 2.28. The van der Waals surface area contributed by atoms with Gasteiger partial charge in [0, 0.05) is 6.42 Å². The molecule has 4 nitrogen and oxygen atoms in total. The van der Waals surface area contributed by atoms with Crippen molar-refractivity contribution >= 4 is 12.0 Å². The Bertz CT molecular complexity index is 559. The Morgan fingerprint density at radius 1 is 1.33 bits per heavy atom. The van der Waals surface area contributed by atoms with Crippen LogP contribution in [0.4, 0.5) is 0 Å². The van der Waals surface area contributed by atoms with E-state index in [4.69, 9.17) is 10.3 Å². The topological polar surface area (TPSA) is 62.7 Å². The van der Waals surface area contributed by atoms with Crippen molar-refractivity contribution in [1.29, 1.82) is 0 Å². The summed E-state index contributed by atoms with van der Waals surface area (Å²) < 4.78 is 5.47. The molecule has 0 saturated heterocycles. The molecule has 4 heteroatoms. The Hall–Kier alpha value is -1.77. The SMILES string of the molecule is [N-]=[N+]=CC(=O)CC1Cc2ccc3c(c2C1)COC3. The van der Waals surface area contributed by atoms with Crippen LogP contribution in [0.15, 0.2) is 12.1 Å². The van der Waals surface area contributed by atoms with Crippen LogP contribution in [-0.4, -0.2) is 16.8 Å². The van der Waals surface area contributed by atoms with Gasteiger partial charge < -0.3 is 10.3 Å². The van der Waals surface area contributed by atoms with E-state index >= 15 is 0 Å². The minimum atomic E-state index is -0.108. The maximum atomic E-state index is 11.4. The Morgan fingerprint density at radius 2 is 2.17 bits per heavy atom. The highest BCUT2D eigenvalue weighted by molar-refractivity contribution is 6.25. The van der Waals surface area contributed by atoms with Crippen molar-refractivity contribution < 1.29 is 14.3 Å². The zero-order valence-electron chi connectivity index (χ0n) is 10.1. The maximum Gasteiger partial charge on any atom is 0.323 e. The molecule has 0 amide bonds. The van der Waals surface area contributed by atoms with Crippen molar-refractivity contribution in [3.05, 3.63) is 39.9 Å². The number of carbonyl (C=O) groups excluding carboxylic acids is 1. The summed E-state index contributed by atoms with van der Waals surface area (Å²) in [5.41, 5.74) is 13.7. The van der Waals surface area contributed by atoms with Crippen molar-refractivity contribution in [2.75, 3.05) is 0 Å². The number of ketones is 1. The summed E-state index contributed by atoms with van der Waals surface area (Å²) in [4.78, 5) is 14.2. The molecule has 0 fully saturated rings. The third-order valence-electron chi connectivity index (χ3n) is 3.82. The van der Waals surface area contributed by atoms with Gasteiger partial charge in [0.2, 0.25) is 5.78 Å². The first-order chi connectivity index (χ1) is 8.78. The lowest BCUT2D eigenvalue weighted by Crippen LogP contribution is -2.10. The largest absolute Gasteiger partial charge is 0.372 e. The van der Waals surface area contributed by atoms with E-state index < -0.39 is 0 Å². The summed E-state index contributed by atoms with van der Waals surface area (Å²) in [6, 6.07) is 4.30. The molecule has 1 unspecified atom stereocenters. The van der Waals surface area contributed by atoms with Gasteiger partial charge in [-0.15, -0.1) is 0 Å². The number of nitrogens with zero attached hydrogens (tertiary/aromatic N) is 2.